The van der Waals surface area contributed by atoms with E-state index in [2.05, 4.69) is 24.3 Å². The van der Waals surface area contributed by atoms with E-state index in [0.717, 1.165) is 32.4 Å². The number of hydrogen-bond acceptors (Lipinski definition) is 4. The summed E-state index contributed by atoms with van der Waals surface area (Å²) in [5, 5.41) is 0. The van der Waals surface area contributed by atoms with Gasteiger partial charge in [-0.2, -0.15) is 0 Å². The van der Waals surface area contributed by atoms with Crippen molar-refractivity contribution >= 4 is 17.5 Å². The molecule has 0 radical (unpaired) electrons. The van der Waals surface area contributed by atoms with Gasteiger partial charge in [0.2, 0.25) is 11.8 Å². The van der Waals surface area contributed by atoms with Crippen LogP contribution in [0.15, 0.2) is 48.5 Å². The van der Waals surface area contributed by atoms with Crippen LogP contribution in [0.3, 0.4) is 0 Å². The molecular formula is C25H30N2O4. The van der Waals surface area contributed by atoms with Crippen molar-refractivity contribution in [2.75, 3.05) is 38.8 Å². The van der Waals surface area contributed by atoms with Gasteiger partial charge in [0.1, 0.15) is 11.5 Å². The first kappa shape index (κ1) is 21.2. The summed E-state index contributed by atoms with van der Waals surface area (Å²) >= 11 is 0. The fraction of sp³-hybridized carbons (Fsp3) is 0.440. The van der Waals surface area contributed by atoms with Crippen LogP contribution < -0.4 is 14.4 Å². The van der Waals surface area contributed by atoms with Crippen molar-refractivity contribution in [1.29, 1.82) is 0 Å². The maximum Gasteiger partial charge on any atom is 0.228 e. The van der Waals surface area contributed by atoms with Crippen molar-refractivity contribution in [3.05, 3.63) is 54.1 Å². The van der Waals surface area contributed by atoms with Crippen molar-refractivity contribution < 1.29 is 19.1 Å². The number of carbonyl (C=O) groups is 2. The minimum Gasteiger partial charge on any atom is -0.497 e. The molecule has 2 amide bonds. The minimum atomic E-state index is -0.301. The van der Waals surface area contributed by atoms with Crippen molar-refractivity contribution in [1.82, 2.24) is 4.90 Å². The molecule has 6 nitrogen and oxygen atoms in total. The molecule has 2 saturated heterocycles. The SMILES string of the molecule is COc1ccc(N2C[C@H](C(=O)N3CCC(Cc4ccccc4)CC3)CC2=O)c(OC)c1. The lowest BCUT2D eigenvalue weighted by Crippen LogP contribution is -2.42. The zero-order chi connectivity index (χ0) is 21.8. The summed E-state index contributed by atoms with van der Waals surface area (Å²) in [6.45, 7) is 1.93. The Morgan fingerprint density at radius 3 is 2.45 bits per heavy atom. The van der Waals surface area contributed by atoms with Crippen LogP contribution in [-0.2, 0) is 16.0 Å². The number of benzene rings is 2. The first-order chi connectivity index (χ1) is 15.1. The summed E-state index contributed by atoms with van der Waals surface area (Å²) in [6.07, 6.45) is 3.34. The Hall–Kier alpha value is -3.02. The van der Waals surface area contributed by atoms with Crippen molar-refractivity contribution in [2.24, 2.45) is 11.8 Å². The van der Waals surface area contributed by atoms with Crippen molar-refractivity contribution in [2.45, 2.75) is 25.7 Å². The van der Waals surface area contributed by atoms with Crippen molar-refractivity contribution in [3.63, 3.8) is 0 Å². The highest BCUT2D eigenvalue weighted by Gasteiger charge is 2.39. The molecule has 0 bridgehead atoms. The summed E-state index contributed by atoms with van der Waals surface area (Å²) in [5.74, 6) is 1.60. The molecule has 31 heavy (non-hydrogen) atoms. The third-order valence-corrected chi connectivity index (χ3v) is 6.45. The van der Waals surface area contributed by atoms with Crippen molar-refractivity contribution in [3.8, 4) is 11.5 Å². The average Bonchev–Trinajstić information content (AvgIpc) is 3.20. The number of amides is 2. The van der Waals surface area contributed by atoms with Crippen LogP contribution in [-0.4, -0.2) is 50.6 Å². The molecule has 0 N–H and O–H groups in total. The van der Waals surface area contributed by atoms with Crippen LogP contribution in [0.1, 0.15) is 24.8 Å². The first-order valence-corrected chi connectivity index (χ1v) is 10.9. The fourth-order valence-electron chi connectivity index (χ4n) is 4.68. The molecule has 2 aliphatic rings. The van der Waals surface area contributed by atoms with Gasteiger partial charge in [-0.05, 0) is 42.9 Å². The average molecular weight is 423 g/mol. The lowest BCUT2D eigenvalue weighted by Gasteiger charge is -2.33. The number of carbonyl (C=O) groups excluding carboxylic acids is 2. The number of likely N-dealkylation sites (tertiary alicyclic amines) is 1. The van der Waals surface area contributed by atoms with Gasteiger partial charge in [0.25, 0.3) is 0 Å². The van der Waals surface area contributed by atoms with Gasteiger partial charge in [-0.3, -0.25) is 9.59 Å². The van der Waals surface area contributed by atoms with Gasteiger partial charge in [0.05, 0.1) is 25.8 Å². The van der Waals surface area contributed by atoms with Crippen LogP contribution in [0.5, 0.6) is 11.5 Å². The number of piperidine rings is 1. The first-order valence-electron chi connectivity index (χ1n) is 10.9. The molecule has 164 valence electrons. The van der Waals surface area contributed by atoms with E-state index in [1.807, 2.05) is 17.0 Å². The standard InChI is InChI=1S/C25H30N2O4/c1-30-21-8-9-22(23(16-21)31-2)27-17-20(15-24(27)28)25(29)26-12-10-19(11-13-26)14-18-6-4-3-5-7-18/h3-9,16,19-20H,10-15,17H2,1-2H3/t20-/m1/s1. The Kier molecular flexibility index (Phi) is 6.44. The minimum absolute atomic E-state index is 0.0409. The van der Waals surface area contributed by atoms with E-state index < -0.39 is 0 Å². The fourth-order valence-corrected chi connectivity index (χ4v) is 4.68. The molecule has 2 fully saturated rings. The highest BCUT2D eigenvalue weighted by atomic mass is 16.5. The largest absolute Gasteiger partial charge is 0.497 e. The molecular weight excluding hydrogens is 392 g/mol. The Labute approximate surface area is 183 Å². The smallest absolute Gasteiger partial charge is 0.228 e. The molecule has 0 aromatic heterocycles. The lowest BCUT2D eigenvalue weighted by molar-refractivity contribution is -0.137. The Balaban J connectivity index is 1.36. The zero-order valence-corrected chi connectivity index (χ0v) is 18.3. The maximum absolute atomic E-state index is 13.1. The molecule has 2 aromatic carbocycles. The summed E-state index contributed by atoms with van der Waals surface area (Å²) in [5.41, 5.74) is 2.04. The molecule has 2 aromatic rings. The van der Waals surface area contributed by atoms with Gasteiger partial charge in [0, 0.05) is 32.1 Å². The number of ether oxygens (including phenoxy) is 2. The molecule has 2 aliphatic heterocycles. The van der Waals surface area contributed by atoms with E-state index in [1.54, 1.807) is 31.3 Å². The lowest BCUT2D eigenvalue weighted by atomic mass is 9.89. The summed E-state index contributed by atoms with van der Waals surface area (Å²) < 4.78 is 10.7. The monoisotopic (exact) mass is 422 g/mol. The van der Waals surface area contributed by atoms with Crippen LogP contribution in [0.2, 0.25) is 0 Å². The van der Waals surface area contributed by atoms with E-state index >= 15 is 0 Å². The van der Waals surface area contributed by atoms with Gasteiger partial charge in [-0.25, -0.2) is 0 Å². The summed E-state index contributed by atoms with van der Waals surface area (Å²) in [6, 6.07) is 15.9. The molecule has 4 rings (SSSR count). The van der Waals surface area contributed by atoms with Gasteiger partial charge in [0.15, 0.2) is 0 Å². The number of rotatable bonds is 6. The van der Waals surface area contributed by atoms with Gasteiger partial charge in [-0.15, -0.1) is 0 Å². The van der Waals surface area contributed by atoms with Crippen LogP contribution in [0.4, 0.5) is 5.69 Å². The third kappa shape index (κ3) is 4.68. The maximum atomic E-state index is 13.1. The van der Waals surface area contributed by atoms with E-state index in [4.69, 9.17) is 9.47 Å². The quantitative estimate of drug-likeness (QED) is 0.715. The predicted molar refractivity (Wildman–Crippen MR) is 119 cm³/mol. The van der Waals surface area contributed by atoms with Crippen LogP contribution in [0.25, 0.3) is 0 Å². The predicted octanol–water partition coefficient (Wildman–Crippen LogP) is 3.54. The second-order valence-electron chi connectivity index (χ2n) is 8.40. The highest BCUT2D eigenvalue weighted by molar-refractivity contribution is 6.01. The zero-order valence-electron chi connectivity index (χ0n) is 18.3. The van der Waals surface area contributed by atoms with E-state index in [0.29, 0.717) is 29.6 Å². The normalized spacial score (nSPS) is 19.5. The Bertz CT molecular complexity index is 922. The Morgan fingerprint density at radius 1 is 1.03 bits per heavy atom. The summed E-state index contributed by atoms with van der Waals surface area (Å²) in [4.78, 5) is 29.5. The summed E-state index contributed by atoms with van der Waals surface area (Å²) in [7, 11) is 3.16. The van der Waals surface area contributed by atoms with Gasteiger partial charge >= 0.3 is 0 Å². The third-order valence-electron chi connectivity index (χ3n) is 6.45. The number of hydrogen-bond donors (Lipinski definition) is 0. The molecule has 2 heterocycles. The van der Waals surface area contributed by atoms with E-state index in [1.165, 1.54) is 5.56 Å². The van der Waals surface area contributed by atoms with Crippen LogP contribution >= 0.6 is 0 Å². The van der Waals surface area contributed by atoms with Gasteiger partial charge < -0.3 is 19.3 Å². The number of anilines is 1. The number of methoxy groups -OCH3 is 2. The second kappa shape index (κ2) is 9.41. The molecule has 1 atom stereocenters. The molecule has 0 spiro atoms. The molecule has 0 unspecified atom stereocenters. The molecule has 6 heteroatoms. The highest BCUT2D eigenvalue weighted by Crippen LogP contribution is 2.36. The van der Waals surface area contributed by atoms with E-state index in [-0.39, 0.29) is 24.2 Å². The second-order valence-corrected chi connectivity index (χ2v) is 8.40. The number of nitrogens with zero attached hydrogens (tertiary/aromatic N) is 2. The van der Waals surface area contributed by atoms with E-state index in [9.17, 15) is 9.59 Å². The Morgan fingerprint density at radius 2 is 1.77 bits per heavy atom. The van der Waals surface area contributed by atoms with Gasteiger partial charge in [-0.1, -0.05) is 30.3 Å². The topological polar surface area (TPSA) is 59.1 Å². The molecule has 0 saturated carbocycles. The van der Waals surface area contributed by atoms with Crippen LogP contribution in [0, 0.1) is 11.8 Å². The molecule has 0 aliphatic carbocycles.